The summed E-state index contributed by atoms with van der Waals surface area (Å²) in [5, 5.41) is 31.3. The molecule has 10 rings (SSSR count). The summed E-state index contributed by atoms with van der Waals surface area (Å²) in [5.74, 6) is 0.882. The van der Waals surface area contributed by atoms with E-state index in [1.807, 2.05) is 47.2 Å². The molecule has 57 heavy (non-hydrogen) atoms. The van der Waals surface area contributed by atoms with Crippen molar-refractivity contribution in [1.29, 1.82) is 5.26 Å². The highest BCUT2D eigenvalue weighted by Gasteiger charge is 2.42. The number of carbonyl (C=O) groups excluding carboxylic acids is 2. The van der Waals surface area contributed by atoms with Gasteiger partial charge in [0.05, 0.1) is 52.8 Å². The van der Waals surface area contributed by atoms with Crippen LogP contribution in [0, 0.1) is 17.2 Å². The van der Waals surface area contributed by atoms with Crippen LogP contribution in [0.1, 0.15) is 62.0 Å². The van der Waals surface area contributed by atoms with Gasteiger partial charge in [0.25, 0.3) is 0 Å². The number of amides is 2. The number of pyridine rings is 2. The Bertz CT molecular complexity index is 2330. The fourth-order valence-corrected chi connectivity index (χ4v) is 10.2. The molecule has 292 valence electrons. The van der Waals surface area contributed by atoms with Crippen molar-refractivity contribution in [2.45, 2.75) is 69.0 Å². The second-order valence-electron chi connectivity index (χ2n) is 16.0. The molecule has 16 heteroatoms. The molecule has 15 nitrogen and oxygen atoms in total. The van der Waals surface area contributed by atoms with Gasteiger partial charge in [0.1, 0.15) is 11.9 Å². The first-order valence-corrected chi connectivity index (χ1v) is 20.9. The van der Waals surface area contributed by atoms with Crippen molar-refractivity contribution in [3.8, 4) is 28.0 Å². The molecule has 0 saturated carbocycles. The van der Waals surface area contributed by atoms with Crippen LogP contribution in [-0.2, 0) is 14.3 Å². The molecule has 5 aromatic rings. The number of rotatable bonds is 9. The number of piperidine rings is 2. The lowest BCUT2D eigenvalue weighted by Crippen LogP contribution is -2.55. The number of fused-ring (bicyclic) bond motifs is 3. The Kier molecular flexibility index (Phi) is 9.51. The van der Waals surface area contributed by atoms with Crippen molar-refractivity contribution in [2.24, 2.45) is 5.92 Å². The van der Waals surface area contributed by atoms with Crippen LogP contribution in [0.4, 0.5) is 16.6 Å². The quantitative estimate of drug-likeness (QED) is 0.201. The first-order chi connectivity index (χ1) is 28.0. The van der Waals surface area contributed by atoms with Gasteiger partial charge in [-0.05, 0) is 80.3 Å². The summed E-state index contributed by atoms with van der Waals surface area (Å²) >= 11 is 1.63. The van der Waals surface area contributed by atoms with Gasteiger partial charge in [-0.1, -0.05) is 17.4 Å². The van der Waals surface area contributed by atoms with E-state index in [0.717, 1.165) is 108 Å². The Morgan fingerprint density at radius 2 is 1.79 bits per heavy atom. The average Bonchev–Trinajstić information content (AvgIpc) is 4.06. The lowest BCUT2D eigenvalue weighted by Gasteiger charge is -2.43. The number of hydrogen-bond donors (Lipinski definition) is 2. The minimum Gasteiger partial charge on any atom is -0.379 e. The second kappa shape index (κ2) is 15.1. The Morgan fingerprint density at radius 3 is 2.54 bits per heavy atom. The summed E-state index contributed by atoms with van der Waals surface area (Å²) in [6.45, 7) is 6.37. The average molecular weight is 785 g/mol. The van der Waals surface area contributed by atoms with Crippen LogP contribution < -0.4 is 20.4 Å². The van der Waals surface area contributed by atoms with Gasteiger partial charge >= 0.3 is 0 Å². The van der Waals surface area contributed by atoms with Crippen LogP contribution in [0.3, 0.4) is 0 Å². The zero-order chi connectivity index (χ0) is 38.5. The minimum atomic E-state index is -0.306. The zero-order valence-corrected chi connectivity index (χ0v) is 32.4. The highest BCUT2D eigenvalue weighted by Crippen LogP contribution is 2.40. The van der Waals surface area contributed by atoms with E-state index in [1.165, 1.54) is 12.8 Å². The molecule has 2 unspecified atom stereocenters. The van der Waals surface area contributed by atoms with Crippen molar-refractivity contribution in [2.75, 3.05) is 61.1 Å². The van der Waals surface area contributed by atoms with E-state index < -0.39 is 0 Å². The molecule has 0 spiro atoms. The first kappa shape index (κ1) is 35.9. The Morgan fingerprint density at radius 1 is 0.930 bits per heavy atom. The molecule has 4 atom stereocenters. The summed E-state index contributed by atoms with van der Waals surface area (Å²) in [4.78, 5) is 41.1. The largest absolute Gasteiger partial charge is 0.379 e. The highest BCUT2D eigenvalue weighted by atomic mass is 32.1. The van der Waals surface area contributed by atoms with Gasteiger partial charge in [-0.3, -0.25) is 24.8 Å². The normalized spacial score (nSPS) is 24.3. The molecule has 5 aliphatic heterocycles. The number of imide groups is 1. The summed E-state index contributed by atoms with van der Waals surface area (Å²) in [5.41, 5.74) is 5.72. The molecule has 2 N–H and O–H groups in total. The maximum absolute atomic E-state index is 12.3. The highest BCUT2D eigenvalue weighted by molar-refractivity contribution is 7.18. The lowest BCUT2D eigenvalue weighted by atomic mass is 9.91. The third-order valence-corrected chi connectivity index (χ3v) is 13.5. The van der Waals surface area contributed by atoms with Gasteiger partial charge < -0.3 is 19.9 Å². The SMILES string of the molecule is N#Cc1cnn2c(-c3cc(N[C@H]4CCOC4)c(-c4nnc(N5CC6CCC(C5)N6CC5CCN(c6ccc([C@@H]7CCC(=O)NC7=O)cn6)CC5)s4)cn3)ccc2c1. The molecule has 5 aromatic heterocycles. The standard InChI is InChI=1S/C41H44N12O3S/c42-17-26-15-29-4-6-36(53(29)45-18-26)35-16-34(46-28-11-14-56-24-28)33(20-43-35)40-48-49-41(57-40)51-22-30-2-3-31(23-51)52(30)21-25-9-12-50(13-10-25)37-7-1-27(19-44-37)32-5-8-38(54)47-39(32)55/h1,4,6-7,15-16,18-20,25,28,30-32H,2-3,5,8-14,21-24H2,(H,43,46)(H,47,54,55)/t28-,30?,31?,32-/m0/s1. The predicted molar refractivity (Wildman–Crippen MR) is 215 cm³/mol. The molecule has 10 heterocycles. The monoisotopic (exact) mass is 784 g/mol. The summed E-state index contributed by atoms with van der Waals surface area (Å²) in [6.07, 6.45) is 11.8. The number of hydrogen-bond acceptors (Lipinski definition) is 14. The van der Waals surface area contributed by atoms with E-state index in [-0.39, 0.29) is 23.8 Å². The number of carbonyl (C=O) groups is 2. The van der Waals surface area contributed by atoms with E-state index >= 15 is 0 Å². The van der Waals surface area contributed by atoms with E-state index in [2.05, 4.69) is 42.6 Å². The van der Waals surface area contributed by atoms with Crippen LogP contribution in [0.2, 0.25) is 0 Å². The minimum absolute atomic E-state index is 0.192. The number of nitriles is 1. The van der Waals surface area contributed by atoms with Gasteiger partial charge in [0.15, 0.2) is 5.01 Å². The fourth-order valence-electron chi connectivity index (χ4n) is 9.35. The van der Waals surface area contributed by atoms with Crippen molar-refractivity contribution < 1.29 is 14.3 Å². The molecular formula is C41H44N12O3S. The second-order valence-corrected chi connectivity index (χ2v) is 16.9. The van der Waals surface area contributed by atoms with Crippen molar-refractivity contribution in [3.63, 3.8) is 0 Å². The molecular weight excluding hydrogens is 741 g/mol. The number of piperazine rings is 1. The molecule has 2 bridgehead atoms. The summed E-state index contributed by atoms with van der Waals surface area (Å²) < 4.78 is 7.51. The van der Waals surface area contributed by atoms with E-state index in [4.69, 9.17) is 24.9 Å². The molecule has 5 fully saturated rings. The Labute approximate surface area is 334 Å². The van der Waals surface area contributed by atoms with Gasteiger partial charge in [0.2, 0.25) is 16.9 Å². The van der Waals surface area contributed by atoms with Gasteiger partial charge in [-0.15, -0.1) is 10.2 Å². The van der Waals surface area contributed by atoms with Crippen molar-refractivity contribution in [3.05, 3.63) is 66.1 Å². The molecule has 0 radical (unpaired) electrons. The number of nitrogens with zero attached hydrogens (tertiary/aromatic N) is 10. The number of nitrogens with one attached hydrogen (secondary N) is 2. The molecule has 2 amide bonds. The number of anilines is 3. The van der Waals surface area contributed by atoms with E-state index in [1.54, 1.807) is 17.5 Å². The van der Waals surface area contributed by atoms with Gasteiger partial charge in [0, 0.05) is 75.9 Å². The number of aromatic nitrogens is 6. The van der Waals surface area contributed by atoms with Gasteiger partial charge in [-0.25, -0.2) is 9.50 Å². The van der Waals surface area contributed by atoms with Crippen LogP contribution in [0.25, 0.3) is 27.5 Å². The van der Waals surface area contributed by atoms with Crippen molar-refractivity contribution in [1.82, 2.24) is 40.0 Å². The number of ether oxygens (including phenoxy) is 1. The topological polar surface area (TPSA) is 170 Å². The van der Waals surface area contributed by atoms with E-state index in [0.29, 0.717) is 43.0 Å². The third kappa shape index (κ3) is 7.08. The van der Waals surface area contributed by atoms with Gasteiger partial charge in [-0.2, -0.15) is 10.4 Å². The van der Waals surface area contributed by atoms with Crippen molar-refractivity contribution >= 4 is 45.3 Å². The summed E-state index contributed by atoms with van der Waals surface area (Å²) in [6, 6.07) is 15.2. The molecule has 0 aromatic carbocycles. The van der Waals surface area contributed by atoms with Crippen LogP contribution >= 0.6 is 11.3 Å². The predicted octanol–water partition coefficient (Wildman–Crippen LogP) is 4.47. The third-order valence-electron chi connectivity index (χ3n) is 12.5. The molecule has 0 aliphatic carbocycles. The Hall–Kier alpha value is -5.50. The summed E-state index contributed by atoms with van der Waals surface area (Å²) in [7, 11) is 0. The zero-order valence-electron chi connectivity index (χ0n) is 31.6. The maximum Gasteiger partial charge on any atom is 0.234 e. The molecule has 5 saturated heterocycles. The smallest absolute Gasteiger partial charge is 0.234 e. The molecule has 5 aliphatic rings. The fraction of sp³-hybridized carbons (Fsp3) is 0.463. The van der Waals surface area contributed by atoms with Crippen LogP contribution in [-0.4, -0.2) is 111 Å². The van der Waals surface area contributed by atoms with Crippen LogP contribution in [0.15, 0.2) is 55.0 Å². The maximum atomic E-state index is 12.3. The Balaban J connectivity index is 0.786. The lowest BCUT2D eigenvalue weighted by molar-refractivity contribution is -0.134. The van der Waals surface area contributed by atoms with E-state index in [9.17, 15) is 14.9 Å². The van der Waals surface area contributed by atoms with Crippen LogP contribution in [0.5, 0.6) is 0 Å². The first-order valence-electron chi connectivity index (χ1n) is 20.1.